The number of carbonyl (C=O) groups excluding carboxylic acids is 2. The van der Waals surface area contributed by atoms with E-state index in [1.54, 1.807) is 24.3 Å². The maximum Gasteiger partial charge on any atom is 0.252 e. The molecule has 0 saturated carbocycles. The van der Waals surface area contributed by atoms with Crippen LogP contribution in [0.3, 0.4) is 0 Å². The number of nitrogens with one attached hydrogen (secondary N) is 4. The van der Waals surface area contributed by atoms with Crippen LogP contribution in [-0.4, -0.2) is 49.5 Å². The Labute approximate surface area is 152 Å². The maximum absolute atomic E-state index is 12.4. The van der Waals surface area contributed by atoms with Crippen LogP contribution in [0.4, 0.5) is 5.95 Å². The zero-order chi connectivity index (χ0) is 18.8. The van der Waals surface area contributed by atoms with Crippen LogP contribution < -0.4 is 10.6 Å². The van der Waals surface area contributed by atoms with Crippen LogP contribution in [0.2, 0.25) is 0 Å². The molecule has 9 heteroatoms. The second-order valence-electron chi connectivity index (χ2n) is 5.93. The van der Waals surface area contributed by atoms with Gasteiger partial charge in [-0.3, -0.25) is 14.9 Å². The number of benzene rings is 2. The average molecular weight is 364 g/mol. The van der Waals surface area contributed by atoms with E-state index >= 15 is 0 Å². The second kappa shape index (κ2) is 6.89. The highest BCUT2D eigenvalue weighted by Gasteiger charge is 2.22. The monoisotopic (exact) mass is 364 g/mol. The smallest absolute Gasteiger partial charge is 0.252 e. The Kier molecular flexibility index (Phi) is 4.27. The van der Waals surface area contributed by atoms with Gasteiger partial charge in [0.05, 0.1) is 35.0 Å². The number of aliphatic hydroxyl groups excluding tert-OH is 1. The van der Waals surface area contributed by atoms with E-state index in [-0.39, 0.29) is 5.95 Å². The summed E-state index contributed by atoms with van der Waals surface area (Å²) in [5, 5.41) is 14.6. The molecule has 0 saturated heterocycles. The lowest BCUT2D eigenvalue weighted by molar-refractivity contribution is -0.118. The van der Waals surface area contributed by atoms with Gasteiger partial charge in [-0.25, -0.2) is 9.97 Å². The molecule has 0 fully saturated rings. The zero-order valence-electron chi connectivity index (χ0n) is 14.1. The van der Waals surface area contributed by atoms with E-state index in [1.165, 1.54) is 6.33 Å². The molecule has 136 valence electrons. The van der Waals surface area contributed by atoms with E-state index in [0.29, 0.717) is 16.6 Å². The van der Waals surface area contributed by atoms with Crippen LogP contribution >= 0.6 is 0 Å². The fourth-order valence-electron chi connectivity index (χ4n) is 2.73. The van der Waals surface area contributed by atoms with Crippen molar-refractivity contribution in [2.45, 2.75) is 6.04 Å². The first-order valence-electron chi connectivity index (χ1n) is 8.24. The molecule has 0 bridgehead atoms. The van der Waals surface area contributed by atoms with Crippen molar-refractivity contribution in [3.05, 3.63) is 54.4 Å². The van der Waals surface area contributed by atoms with E-state index in [0.717, 1.165) is 11.0 Å². The van der Waals surface area contributed by atoms with Crippen molar-refractivity contribution in [2.75, 3.05) is 11.9 Å². The number of hydrogen-bond donors (Lipinski definition) is 5. The summed E-state index contributed by atoms with van der Waals surface area (Å²) in [7, 11) is 0. The molecule has 0 aliphatic heterocycles. The predicted molar refractivity (Wildman–Crippen MR) is 99.2 cm³/mol. The number of amides is 2. The number of hydrogen-bond acceptors (Lipinski definition) is 5. The van der Waals surface area contributed by atoms with Crippen molar-refractivity contribution < 1.29 is 14.7 Å². The molecule has 0 aliphatic carbocycles. The van der Waals surface area contributed by atoms with Gasteiger partial charge in [0.15, 0.2) is 0 Å². The van der Waals surface area contributed by atoms with Crippen molar-refractivity contribution in [1.82, 2.24) is 25.3 Å². The summed E-state index contributed by atoms with van der Waals surface area (Å²) < 4.78 is 0. The lowest BCUT2D eigenvalue weighted by Gasteiger charge is -2.15. The molecule has 0 radical (unpaired) electrons. The molecule has 0 aliphatic rings. The Morgan fingerprint density at radius 2 is 1.96 bits per heavy atom. The molecule has 1 atom stereocenters. The number of imidazole rings is 2. The van der Waals surface area contributed by atoms with Crippen LogP contribution in [0.25, 0.3) is 22.1 Å². The lowest BCUT2D eigenvalue weighted by Crippen LogP contribution is -2.46. The fraction of sp³-hybridized carbons (Fsp3) is 0.111. The topological polar surface area (TPSA) is 136 Å². The summed E-state index contributed by atoms with van der Waals surface area (Å²) in [6.07, 6.45) is 1.53. The van der Waals surface area contributed by atoms with E-state index in [2.05, 4.69) is 30.6 Å². The van der Waals surface area contributed by atoms with E-state index in [9.17, 15) is 14.7 Å². The molecule has 4 aromatic rings. The summed E-state index contributed by atoms with van der Waals surface area (Å²) >= 11 is 0. The van der Waals surface area contributed by atoms with Gasteiger partial charge in [-0.15, -0.1) is 0 Å². The molecule has 0 spiro atoms. The Morgan fingerprint density at radius 3 is 2.78 bits per heavy atom. The Balaban J connectivity index is 1.47. The molecular formula is C18H16N6O3. The van der Waals surface area contributed by atoms with E-state index < -0.39 is 24.5 Å². The Morgan fingerprint density at radius 1 is 1.11 bits per heavy atom. The van der Waals surface area contributed by atoms with E-state index in [1.807, 2.05) is 18.2 Å². The van der Waals surface area contributed by atoms with Gasteiger partial charge in [0, 0.05) is 5.56 Å². The van der Waals surface area contributed by atoms with Gasteiger partial charge in [-0.1, -0.05) is 12.1 Å². The number of nitrogens with zero attached hydrogens (tertiary/aromatic N) is 2. The van der Waals surface area contributed by atoms with Crippen LogP contribution in [0.15, 0.2) is 48.8 Å². The first-order chi connectivity index (χ1) is 13.1. The van der Waals surface area contributed by atoms with Gasteiger partial charge >= 0.3 is 0 Å². The molecule has 2 aromatic carbocycles. The highest BCUT2D eigenvalue weighted by atomic mass is 16.3. The number of aromatic nitrogens is 4. The number of para-hydroxylation sites is 2. The fourth-order valence-corrected chi connectivity index (χ4v) is 2.73. The molecule has 2 heterocycles. The quantitative estimate of drug-likeness (QED) is 0.362. The molecular weight excluding hydrogens is 348 g/mol. The highest BCUT2D eigenvalue weighted by Crippen LogP contribution is 2.14. The molecule has 9 nitrogen and oxygen atoms in total. The number of aromatic amines is 2. The van der Waals surface area contributed by atoms with Crippen molar-refractivity contribution in [2.24, 2.45) is 0 Å². The van der Waals surface area contributed by atoms with Gasteiger partial charge in [0.2, 0.25) is 5.95 Å². The third-order valence-corrected chi connectivity index (χ3v) is 4.12. The average Bonchev–Trinajstić information content (AvgIpc) is 3.30. The third-order valence-electron chi connectivity index (χ3n) is 4.12. The minimum Gasteiger partial charge on any atom is -0.394 e. The van der Waals surface area contributed by atoms with Gasteiger partial charge in [-0.2, -0.15) is 0 Å². The van der Waals surface area contributed by atoms with Crippen molar-refractivity contribution in [3.8, 4) is 0 Å². The van der Waals surface area contributed by atoms with Crippen molar-refractivity contribution in [1.29, 1.82) is 0 Å². The Hall–Kier alpha value is -3.72. The minimum absolute atomic E-state index is 0.243. The van der Waals surface area contributed by atoms with Crippen molar-refractivity contribution in [3.63, 3.8) is 0 Å². The molecule has 27 heavy (non-hydrogen) atoms. The normalized spacial score (nSPS) is 12.2. The molecule has 2 aromatic heterocycles. The van der Waals surface area contributed by atoms with Gasteiger partial charge in [0.1, 0.15) is 6.04 Å². The molecule has 4 rings (SSSR count). The van der Waals surface area contributed by atoms with Crippen LogP contribution in [0, 0.1) is 0 Å². The number of H-pyrrole nitrogens is 2. The third kappa shape index (κ3) is 3.35. The SMILES string of the molecule is O=C(N[C@@H](CO)C(=O)Nc1nc2ccccc2[nH]1)c1ccc2nc[nH]c2c1. The first kappa shape index (κ1) is 16.7. The number of fused-ring (bicyclic) bond motifs is 2. The highest BCUT2D eigenvalue weighted by molar-refractivity contribution is 6.02. The standard InChI is InChI=1S/C18H16N6O3/c25-8-15(17(27)24-18-22-12-3-1-2-4-13(12)23-18)21-16(26)10-5-6-11-14(7-10)20-9-19-11/h1-7,9,15,25H,8H2,(H,19,20)(H,21,26)(H2,22,23,24,27)/t15-/m0/s1. The van der Waals surface area contributed by atoms with Gasteiger partial charge in [-0.05, 0) is 30.3 Å². The largest absolute Gasteiger partial charge is 0.394 e. The number of rotatable bonds is 5. The lowest BCUT2D eigenvalue weighted by atomic mass is 10.1. The summed E-state index contributed by atoms with van der Waals surface area (Å²) in [5.74, 6) is -0.814. The predicted octanol–water partition coefficient (Wildman–Crippen LogP) is 1.17. The first-order valence-corrected chi connectivity index (χ1v) is 8.24. The summed E-state index contributed by atoms with van der Waals surface area (Å²) in [6, 6.07) is 11.1. The van der Waals surface area contributed by atoms with Crippen LogP contribution in [-0.2, 0) is 4.79 Å². The number of anilines is 1. The van der Waals surface area contributed by atoms with Gasteiger partial charge in [0.25, 0.3) is 11.8 Å². The molecule has 5 N–H and O–H groups in total. The number of carbonyl (C=O) groups is 2. The van der Waals surface area contributed by atoms with E-state index in [4.69, 9.17) is 0 Å². The summed E-state index contributed by atoms with van der Waals surface area (Å²) in [4.78, 5) is 39.0. The maximum atomic E-state index is 12.4. The minimum atomic E-state index is -1.12. The van der Waals surface area contributed by atoms with Crippen LogP contribution in [0.5, 0.6) is 0 Å². The summed E-state index contributed by atoms with van der Waals surface area (Å²) in [6.45, 7) is -0.551. The molecule has 0 unspecified atom stereocenters. The molecule has 2 amide bonds. The van der Waals surface area contributed by atoms with Gasteiger partial charge < -0.3 is 20.4 Å². The van der Waals surface area contributed by atoms with Crippen LogP contribution in [0.1, 0.15) is 10.4 Å². The second-order valence-corrected chi connectivity index (χ2v) is 5.93. The zero-order valence-corrected chi connectivity index (χ0v) is 14.1. The summed E-state index contributed by atoms with van der Waals surface area (Å²) in [5.41, 5.74) is 3.25. The van der Waals surface area contributed by atoms with Crippen molar-refractivity contribution >= 4 is 39.8 Å². The number of aliphatic hydroxyl groups is 1. The Bertz CT molecular complexity index is 1100.